The predicted octanol–water partition coefficient (Wildman–Crippen LogP) is 5.94. The Labute approximate surface area is 205 Å². The normalized spacial score (nSPS) is 26.4. The summed E-state index contributed by atoms with van der Waals surface area (Å²) < 4.78 is 55.6. The second kappa shape index (κ2) is 10.5. The Morgan fingerprint density at radius 1 is 1.03 bits per heavy atom. The van der Waals surface area contributed by atoms with Crippen molar-refractivity contribution in [3.63, 3.8) is 0 Å². The minimum atomic E-state index is -2.68. The van der Waals surface area contributed by atoms with Crippen LogP contribution in [0.5, 0.6) is 0 Å². The molecule has 0 spiro atoms. The van der Waals surface area contributed by atoms with E-state index < -0.39 is 17.9 Å². The van der Waals surface area contributed by atoms with Crippen LogP contribution in [0.1, 0.15) is 76.0 Å². The summed E-state index contributed by atoms with van der Waals surface area (Å²) in [5.41, 5.74) is 1.15. The molecule has 3 unspecified atom stereocenters. The van der Waals surface area contributed by atoms with Gasteiger partial charge in [-0.25, -0.2) is 27.5 Å². The van der Waals surface area contributed by atoms with Crippen molar-refractivity contribution in [2.75, 3.05) is 24.5 Å². The highest BCUT2D eigenvalue weighted by molar-refractivity contribution is 5.92. The summed E-state index contributed by atoms with van der Waals surface area (Å²) >= 11 is 0. The molecule has 9 heteroatoms. The second-order valence-electron chi connectivity index (χ2n) is 10.2. The van der Waals surface area contributed by atoms with E-state index >= 15 is 0 Å². The van der Waals surface area contributed by atoms with Crippen molar-refractivity contribution < 1.29 is 17.6 Å². The van der Waals surface area contributed by atoms with Gasteiger partial charge in [0.2, 0.25) is 5.92 Å². The number of fused-ring (bicyclic) bond motifs is 2. The van der Waals surface area contributed by atoms with Crippen molar-refractivity contribution in [1.82, 2.24) is 19.9 Å². The van der Waals surface area contributed by atoms with Gasteiger partial charge in [-0.15, -0.1) is 0 Å². The molecular formula is C26H37F4N5. The first-order valence-corrected chi connectivity index (χ1v) is 13.0. The van der Waals surface area contributed by atoms with E-state index in [0.29, 0.717) is 61.1 Å². The average molecular weight is 496 g/mol. The molecular weight excluding hydrogens is 458 g/mol. The van der Waals surface area contributed by atoms with E-state index in [1.807, 2.05) is 18.7 Å². The lowest BCUT2D eigenvalue weighted by Gasteiger charge is -2.32. The van der Waals surface area contributed by atoms with Gasteiger partial charge in [0.15, 0.2) is 5.82 Å². The maximum atomic E-state index is 14.7. The van der Waals surface area contributed by atoms with Crippen LogP contribution in [0.3, 0.4) is 0 Å². The van der Waals surface area contributed by atoms with E-state index in [4.69, 9.17) is 0 Å². The van der Waals surface area contributed by atoms with E-state index in [2.05, 4.69) is 19.9 Å². The third-order valence-electron chi connectivity index (χ3n) is 7.59. The first kappa shape index (κ1) is 26.0. The fourth-order valence-corrected chi connectivity index (χ4v) is 5.80. The van der Waals surface area contributed by atoms with E-state index in [1.165, 1.54) is 12.8 Å². The molecule has 0 aliphatic carbocycles. The summed E-state index contributed by atoms with van der Waals surface area (Å²) in [6.45, 7) is 9.53. The molecule has 0 N–H and O–H groups in total. The van der Waals surface area contributed by atoms with Crippen molar-refractivity contribution in [1.29, 1.82) is 0 Å². The molecule has 35 heavy (non-hydrogen) atoms. The molecule has 5 heterocycles. The Kier molecular flexibility index (Phi) is 7.83. The fraction of sp³-hybridized carbons (Fsp3) is 0.731. The van der Waals surface area contributed by atoms with Gasteiger partial charge in [0.05, 0.1) is 16.8 Å². The summed E-state index contributed by atoms with van der Waals surface area (Å²) in [5.74, 6) is -2.08. The number of anilines is 1. The molecule has 2 aromatic rings. The number of halogens is 4. The van der Waals surface area contributed by atoms with Crippen LogP contribution in [-0.4, -0.2) is 63.7 Å². The molecule has 0 saturated carbocycles. The molecule has 5 nitrogen and oxygen atoms in total. The number of aromatic nitrogens is 3. The number of hydrogen-bond donors (Lipinski definition) is 0. The lowest BCUT2D eigenvalue weighted by Crippen LogP contribution is -2.37. The molecule has 194 valence electrons. The zero-order valence-electron chi connectivity index (χ0n) is 21.3. The van der Waals surface area contributed by atoms with E-state index in [0.717, 1.165) is 13.0 Å². The number of hydrogen-bond acceptors (Lipinski definition) is 5. The Morgan fingerprint density at radius 3 is 2.49 bits per heavy atom. The topological polar surface area (TPSA) is 45.2 Å². The van der Waals surface area contributed by atoms with Gasteiger partial charge < -0.3 is 4.90 Å². The average Bonchev–Trinajstić information content (AvgIpc) is 3.34. The maximum Gasteiger partial charge on any atom is 0.250 e. The zero-order valence-corrected chi connectivity index (χ0v) is 21.3. The SMILES string of the molecule is CCc1nc(N2CCCC(F)(F)CC2CC)c2c(C)nc(C)c(F)c2n1.FC1CC2CCCN2C1. The lowest BCUT2D eigenvalue weighted by atomic mass is 10.0. The van der Waals surface area contributed by atoms with Crippen LogP contribution in [0.25, 0.3) is 10.9 Å². The quantitative estimate of drug-likeness (QED) is 0.493. The van der Waals surface area contributed by atoms with E-state index in [-0.39, 0.29) is 30.1 Å². The van der Waals surface area contributed by atoms with Crippen LogP contribution >= 0.6 is 0 Å². The minimum Gasteiger partial charge on any atom is -0.353 e. The van der Waals surface area contributed by atoms with Crippen molar-refractivity contribution in [3.8, 4) is 0 Å². The number of nitrogens with zero attached hydrogens (tertiary/aromatic N) is 5. The number of pyridine rings is 1. The molecule has 5 rings (SSSR count). The van der Waals surface area contributed by atoms with Crippen molar-refractivity contribution in [3.05, 3.63) is 23.0 Å². The fourth-order valence-electron chi connectivity index (χ4n) is 5.80. The van der Waals surface area contributed by atoms with Gasteiger partial charge in [0, 0.05) is 44.4 Å². The monoisotopic (exact) mass is 495 g/mol. The van der Waals surface area contributed by atoms with Gasteiger partial charge in [0.1, 0.15) is 23.3 Å². The Hall–Kier alpha value is -2.03. The Balaban J connectivity index is 0.000000266. The van der Waals surface area contributed by atoms with Crippen molar-refractivity contribution >= 4 is 16.7 Å². The Morgan fingerprint density at radius 2 is 1.80 bits per heavy atom. The summed E-state index contributed by atoms with van der Waals surface area (Å²) in [4.78, 5) is 17.5. The molecule has 0 aromatic carbocycles. The maximum absolute atomic E-state index is 14.7. The summed E-state index contributed by atoms with van der Waals surface area (Å²) in [5, 5.41) is 0.536. The van der Waals surface area contributed by atoms with Crippen LogP contribution in [0.15, 0.2) is 0 Å². The second-order valence-corrected chi connectivity index (χ2v) is 10.2. The highest BCUT2D eigenvalue weighted by Gasteiger charge is 2.38. The standard InChI is InChI=1S/C19H25F3N4.C7H12FN/c1-5-13-10-19(21,22)8-7-9-26(13)18-15-11(3)23-12(4)16(20)17(15)24-14(6-2)25-18;8-6-4-7-2-1-3-9(7)5-6/h13H,5-10H2,1-4H3;6-7H,1-5H2. The van der Waals surface area contributed by atoms with Crippen molar-refractivity contribution in [2.24, 2.45) is 0 Å². The van der Waals surface area contributed by atoms with Gasteiger partial charge in [0.25, 0.3) is 0 Å². The van der Waals surface area contributed by atoms with Crippen molar-refractivity contribution in [2.45, 2.75) is 103 Å². The third-order valence-corrected chi connectivity index (χ3v) is 7.59. The van der Waals surface area contributed by atoms with Crippen LogP contribution in [0, 0.1) is 19.7 Å². The van der Waals surface area contributed by atoms with Gasteiger partial charge in [-0.1, -0.05) is 13.8 Å². The molecule has 3 saturated heterocycles. The molecule has 3 atom stereocenters. The molecule has 0 radical (unpaired) electrons. The van der Waals surface area contributed by atoms with Gasteiger partial charge in [-0.2, -0.15) is 0 Å². The molecule has 0 bridgehead atoms. The van der Waals surface area contributed by atoms with E-state index in [1.54, 1.807) is 13.8 Å². The number of alkyl halides is 3. The first-order valence-electron chi connectivity index (χ1n) is 13.0. The lowest BCUT2D eigenvalue weighted by molar-refractivity contribution is -0.0176. The van der Waals surface area contributed by atoms with Crippen LogP contribution in [0.4, 0.5) is 23.4 Å². The van der Waals surface area contributed by atoms with Gasteiger partial charge in [-0.3, -0.25) is 9.88 Å². The first-order chi connectivity index (χ1) is 16.6. The summed E-state index contributed by atoms with van der Waals surface area (Å²) in [6.07, 6.45) is 3.96. The molecule has 3 aliphatic rings. The van der Waals surface area contributed by atoms with Crippen LogP contribution < -0.4 is 4.90 Å². The minimum absolute atomic E-state index is 0.131. The van der Waals surface area contributed by atoms with Crippen LogP contribution in [0.2, 0.25) is 0 Å². The van der Waals surface area contributed by atoms with Crippen LogP contribution in [-0.2, 0) is 6.42 Å². The summed E-state index contributed by atoms with van der Waals surface area (Å²) in [6, 6.07) is 0.263. The largest absolute Gasteiger partial charge is 0.353 e. The molecule has 2 aromatic heterocycles. The summed E-state index contributed by atoms with van der Waals surface area (Å²) in [7, 11) is 0. The number of rotatable bonds is 3. The van der Waals surface area contributed by atoms with E-state index in [9.17, 15) is 17.6 Å². The highest BCUT2D eigenvalue weighted by atomic mass is 19.3. The third kappa shape index (κ3) is 5.54. The molecule has 3 fully saturated rings. The Bertz CT molecular complexity index is 1030. The smallest absolute Gasteiger partial charge is 0.250 e. The molecule has 0 amide bonds. The van der Waals surface area contributed by atoms with Gasteiger partial charge in [-0.05, 0) is 52.5 Å². The number of aryl methyl sites for hydroxylation is 3. The highest BCUT2D eigenvalue weighted by Crippen LogP contribution is 2.37. The zero-order chi connectivity index (χ0) is 25.3. The predicted molar refractivity (Wildman–Crippen MR) is 130 cm³/mol. The molecule has 3 aliphatic heterocycles. The van der Waals surface area contributed by atoms with Gasteiger partial charge >= 0.3 is 0 Å².